The fourth-order valence-electron chi connectivity index (χ4n) is 1.56. The van der Waals surface area contributed by atoms with Gasteiger partial charge in [0.2, 0.25) is 5.88 Å². The lowest BCUT2D eigenvalue weighted by Gasteiger charge is -2.04. The lowest BCUT2D eigenvalue weighted by atomic mass is 10.1. The van der Waals surface area contributed by atoms with Crippen LogP contribution in [0.5, 0.6) is 5.88 Å². The predicted molar refractivity (Wildman–Crippen MR) is 66.2 cm³/mol. The van der Waals surface area contributed by atoms with E-state index in [1.165, 1.54) is 0 Å². The van der Waals surface area contributed by atoms with Crippen molar-refractivity contribution < 1.29 is 4.74 Å². The van der Waals surface area contributed by atoms with Crippen molar-refractivity contribution in [1.82, 2.24) is 14.6 Å². The molecule has 2 rings (SSSR count). The fraction of sp³-hybridized carbons (Fsp3) is 0.500. The summed E-state index contributed by atoms with van der Waals surface area (Å²) < 4.78 is 7.41. The Morgan fingerprint density at radius 2 is 2.29 bits per heavy atom. The number of ether oxygens (including phenoxy) is 1. The van der Waals surface area contributed by atoms with Crippen LogP contribution in [-0.2, 0) is 0 Å². The van der Waals surface area contributed by atoms with Crippen LogP contribution in [-0.4, -0.2) is 27.7 Å². The summed E-state index contributed by atoms with van der Waals surface area (Å²) in [5, 5.41) is 4.47. The first-order chi connectivity index (χ1) is 8.22. The molecular weight excluding hydrogens is 216 g/mol. The van der Waals surface area contributed by atoms with Crippen LogP contribution in [0.3, 0.4) is 0 Å². The molecule has 0 spiro atoms. The predicted octanol–water partition coefficient (Wildman–Crippen LogP) is 1.58. The topological polar surface area (TPSA) is 65.4 Å². The molecule has 0 saturated heterocycles. The summed E-state index contributed by atoms with van der Waals surface area (Å²) in [5.41, 5.74) is 7.38. The summed E-state index contributed by atoms with van der Waals surface area (Å²) >= 11 is 0. The van der Waals surface area contributed by atoms with Gasteiger partial charge in [0.25, 0.3) is 0 Å². The highest BCUT2D eigenvalue weighted by atomic mass is 16.5. The highest BCUT2D eigenvalue weighted by molar-refractivity contribution is 5.56. The number of nitrogens with zero attached hydrogens (tertiary/aromatic N) is 3. The highest BCUT2D eigenvalue weighted by Crippen LogP contribution is 2.21. The monoisotopic (exact) mass is 234 g/mol. The molecule has 0 aliphatic rings. The Balaban J connectivity index is 2.29. The number of hydrogen-bond acceptors (Lipinski definition) is 4. The van der Waals surface area contributed by atoms with Crippen molar-refractivity contribution >= 4 is 5.52 Å². The zero-order chi connectivity index (χ0) is 12.3. The summed E-state index contributed by atoms with van der Waals surface area (Å²) in [6.45, 7) is 5.44. The third-order valence-electron chi connectivity index (χ3n) is 2.55. The van der Waals surface area contributed by atoms with Gasteiger partial charge in [-0.05, 0) is 24.9 Å². The van der Waals surface area contributed by atoms with Gasteiger partial charge in [-0.15, -0.1) is 0 Å². The van der Waals surface area contributed by atoms with Gasteiger partial charge in [0.15, 0.2) is 0 Å². The normalized spacial score (nSPS) is 11.3. The maximum absolute atomic E-state index is 5.60. The quantitative estimate of drug-likeness (QED) is 0.798. The van der Waals surface area contributed by atoms with Gasteiger partial charge in [-0.3, -0.25) is 0 Å². The maximum Gasteiger partial charge on any atom is 0.240 e. The minimum atomic E-state index is 0.395. The Hall–Kier alpha value is -1.62. The molecule has 0 aliphatic heterocycles. The Morgan fingerprint density at radius 1 is 1.47 bits per heavy atom. The second kappa shape index (κ2) is 5.14. The van der Waals surface area contributed by atoms with Gasteiger partial charge in [-0.1, -0.05) is 13.8 Å². The van der Waals surface area contributed by atoms with Crippen LogP contribution in [0.25, 0.3) is 5.52 Å². The van der Waals surface area contributed by atoms with Crippen LogP contribution in [0, 0.1) is 0 Å². The Morgan fingerprint density at radius 3 is 3.00 bits per heavy atom. The van der Waals surface area contributed by atoms with Gasteiger partial charge in [-0.25, -0.2) is 9.50 Å². The minimum Gasteiger partial charge on any atom is -0.476 e. The zero-order valence-electron chi connectivity index (χ0n) is 10.3. The van der Waals surface area contributed by atoms with Gasteiger partial charge in [-0.2, -0.15) is 5.10 Å². The third-order valence-corrected chi connectivity index (χ3v) is 2.55. The molecule has 2 aromatic rings. The molecule has 0 aromatic carbocycles. The first-order valence-electron chi connectivity index (χ1n) is 5.89. The molecule has 2 N–H and O–H groups in total. The third kappa shape index (κ3) is 2.55. The van der Waals surface area contributed by atoms with Crippen molar-refractivity contribution in [3.05, 3.63) is 24.2 Å². The maximum atomic E-state index is 5.60. The van der Waals surface area contributed by atoms with E-state index in [2.05, 4.69) is 23.9 Å². The van der Waals surface area contributed by atoms with E-state index in [4.69, 9.17) is 10.5 Å². The van der Waals surface area contributed by atoms with Gasteiger partial charge in [0.1, 0.15) is 5.52 Å². The van der Waals surface area contributed by atoms with E-state index in [0.717, 1.165) is 17.6 Å². The van der Waals surface area contributed by atoms with Gasteiger partial charge >= 0.3 is 0 Å². The fourth-order valence-corrected chi connectivity index (χ4v) is 1.56. The molecule has 5 nitrogen and oxygen atoms in total. The number of rotatable bonds is 5. The average molecular weight is 234 g/mol. The first-order valence-corrected chi connectivity index (χ1v) is 5.89. The van der Waals surface area contributed by atoms with E-state index in [0.29, 0.717) is 24.9 Å². The standard InChI is InChI=1S/C12H18N4O/c1-9(2)10-8-11-12(17-7-3-4-13)14-5-6-16(11)15-10/h5-6,8-9H,3-4,7,13H2,1-2H3. The van der Waals surface area contributed by atoms with E-state index in [1.807, 2.05) is 12.3 Å². The van der Waals surface area contributed by atoms with Crippen molar-refractivity contribution in [3.8, 4) is 5.88 Å². The van der Waals surface area contributed by atoms with Crippen LogP contribution in [0.1, 0.15) is 31.9 Å². The second-order valence-corrected chi connectivity index (χ2v) is 4.28. The lowest BCUT2D eigenvalue weighted by Crippen LogP contribution is -2.07. The molecule has 5 heteroatoms. The van der Waals surface area contributed by atoms with Gasteiger partial charge < -0.3 is 10.5 Å². The molecule has 0 fully saturated rings. The van der Waals surface area contributed by atoms with Crippen molar-refractivity contribution in [3.63, 3.8) is 0 Å². The Bertz CT molecular complexity index is 492. The largest absolute Gasteiger partial charge is 0.476 e. The average Bonchev–Trinajstić information content (AvgIpc) is 2.74. The molecule has 0 amide bonds. The van der Waals surface area contributed by atoms with Crippen LogP contribution in [0.2, 0.25) is 0 Å². The highest BCUT2D eigenvalue weighted by Gasteiger charge is 2.10. The van der Waals surface area contributed by atoms with E-state index in [-0.39, 0.29) is 0 Å². The molecule has 0 bridgehead atoms. The molecule has 2 heterocycles. The summed E-state index contributed by atoms with van der Waals surface area (Å²) in [5.74, 6) is 1.02. The summed E-state index contributed by atoms with van der Waals surface area (Å²) in [7, 11) is 0. The van der Waals surface area contributed by atoms with Crippen LogP contribution in [0.15, 0.2) is 18.5 Å². The molecule has 2 aromatic heterocycles. The zero-order valence-corrected chi connectivity index (χ0v) is 10.3. The SMILES string of the molecule is CC(C)c1cc2c(OCCCN)nccn2n1. The van der Waals surface area contributed by atoms with E-state index < -0.39 is 0 Å². The molecular formula is C12H18N4O. The minimum absolute atomic E-state index is 0.395. The van der Waals surface area contributed by atoms with Crippen molar-refractivity contribution in [2.24, 2.45) is 5.73 Å². The van der Waals surface area contributed by atoms with Crippen LogP contribution in [0.4, 0.5) is 0 Å². The molecule has 0 unspecified atom stereocenters. The number of fused-ring (bicyclic) bond motifs is 1. The lowest BCUT2D eigenvalue weighted by molar-refractivity contribution is 0.304. The summed E-state index contributed by atoms with van der Waals surface area (Å²) in [6.07, 6.45) is 4.35. The summed E-state index contributed by atoms with van der Waals surface area (Å²) in [6, 6.07) is 2.02. The molecule has 0 saturated carbocycles. The Labute approximate surface area is 101 Å². The first kappa shape index (κ1) is 11.9. The molecule has 92 valence electrons. The molecule has 0 radical (unpaired) electrons. The summed E-state index contributed by atoms with van der Waals surface area (Å²) in [4.78, 5) is 4.23. The number of aromatic nitrogens is 3. The molecule has 17 heavy (non-hydrogen) atoms. The van der Waals surface area contributed by atoms with Crippen molar-refractivity contribution in [2.45, 2.75) is 26.2 Å². The molecule has 0 atom stereocenters. The van der Waals surface area contributed by atoms with Gasteiger partial charge in [0.05, 0.1) is 12.3 Å². The van der Waals surface area contributed by atoms with Crippen molar-refractivity contribution in [1.29, 1.82) is 0 Å². The van der Waals surface area contributed by atoms with E-state index in [1.54, 1.807) is 10.7 Å². The van der Waals surface area contributed by atoms with Crippen LogP contribution >= 0.6 is 0 Å². The number of hydrogen-bond donors (Lipinski definition) is 1. The van der Waals surface area contributed by atoms with E-state index >= 15 is 0 Å². The van der Waals surface area contributed by atoms with E-state index in [9.17, 15) is 0 Å². The van der Waals surface area contributed by atoms with Gasteiger partial charge in [0, 0.05) is 12.4 Å². The van der Waals surface area contributed by atoms with Crippen molar-refractivity contribution in [2.75, 3.05) is 13.2 Å². The van der Waals surface area contributed by atoms with Crippen LogP contribution < -0.4 is 10.5 Å². The smallest absolute Gasteiger partial charge is 0.240 e. The number of nitrogens with two attached hydrogens (primary N) is 1. The Kier molecular flexibility index (Phi) is 3.58. The molecule has 0 aliphatic carbocycles. The second-order valence-electron chi connectivity index (χ2n) is 4.28.